The summed E-state index contributed by atoms with van der Waals surface area (Å²) in [4.78, 5) is 12.2. The number of benzene rings is 3. The molecule has 1 aliphatic carbocycles. The van der Waals surface area contributed by atoms with E-state index in [0.29, 0.717) is 0 Å². The predicted molar refractivity (Wildman–Crippen MR) is 117 cm³/mol. The number of aliphatic hydroxyl groups is 2. The quantitative estimate of drug-likeness (QED) is 0.432. The highest BCUT2D eigenvalue weighted by atomic mass is 19.1. The standard InChI is InChI=1S/C25H23F2NO5/c26-20-11-14(12-21(27)24(20)31)23(30)22(29)9-10-28-25(32)33-13-19-17-7-3-1-5-15(17)16-6-2-4-8-18(16)19/h1-8,11-12,19,22-23,29-31H,9-10,13H2,(H,28,32). The summed E-state index contributed by atoms with van der Waals surface area (Å²) in [5.74, 6) is -3.73. The first-order chi connectivity index (χ1) is 15.9. The van der Waals surface area contributed by atoms with Gasteiger partial charge in [0.05, 0.1) is 6.10 Å². The van der Waals surface area contributed by atoms with E-state index in [9.17, 15) is 23.8 Å². The van der Waals surface area contributed by atoms with Gasteiger partial charge in [-0.15, -0.1) is 0 Å². The minimum Gasteiger partial charge on any atom is -0.503 e. The zero-order chi connectivity index (χ0) is 23.5. The predicted octanol–water partition coefficient (Wildman–Crippen LogP) is 3.99. The third-order valence-corrected chi connectivity index (χ3v) is 5.80. The Morgan fingerprint density at radius 1 is 0.970 bits per heavy atom. The van der Waals surface area contributed by atoms with E-state index in [2.05, 4.69) is 5.32 Å². The monoisotopic (exact) mass is 455 g/mol. The lowest BCUT2D eigenvalue weighted by Gasteiger charge is -2.19. The number of phenolic OH excluding ortho intramolecular Hbond substituents is 1. The Morgan fingerprint density at radius 2 is 1.52 bits per heavy atom. The molecule has 4 rings (SSSR count). The highest BCUT2D eigenvalue weighted by Crippen LogP contribution is 2.44. The van der Waals surface area contributed by atoms with Crippen molar-refractivity contribution in [3.8, 4) is 16.9 Å². The molecule has 0 aliphatic heterocycles. The fourth-order valence-corrected chi connectivity index (χ4v) is 4.11. The van der Waals surface area contributed by atoms with Crippen molar-refractivity contribution in [2.24, 2.45) is 0 Å². The normalized spacial score (nSPS) is 14.3. The lowest BCUT2D eigenvalue weighted by atomic mass is 9.98. The van der Waals surface area contributed by atoms with Gasteiger partial charge in [-0.2, -0.15) is 0 Å². The van der Waals surface area contributed by atoms with Gasteiger partial charge >= 0.3 is 6.09 Å². The number of phenols is 1. The number of hydrogen-bond donors (Lipinski definition) is 4. The molecule has 0 aromatic heterocycles. The summed E-state index contributed by atoms with van der Waals surface area (Å²) >= 11 is 0. The summed E-state index contributed by atoms with van der Waals surface area (Å²) in [6.07, 6.45) is -3.77. The Morgan fingerprint density at radius 3 is 2.09 bits per heavy atom. The van der Waals surface area contributed by atoms with Crippen LogP contribution >= 0.6 is 0 Å². The molecule has 2 atom stereocenters. The van der Waals surface area contributed by atoms with Crippen LogP contribution in [0, 0.1) is 11.6 Å². The number of alkyl carbamates (subject to hydrolysis) is 1. The van der Waals surface area contributed by atoms with E-state index in [4.69, 9.17) is 9.84 Å². The largest absolute Gasteiger partial charge is 0.503 e. The Balaban J connectivity index is 1.29. The maximum atomic E-state index is 13.5. The van der Waals surface area contributed by atoms with Crippen LogP contribution in [-0.2, 0) is 4.74 Å². The van der Waals surface area contributed by atoms with Gasteiger partial charge in [-0.3, -0.25) is 0 Å². The number of halogens is 2. The fraction of sp³-hybridized carbons (Fsp3) is 0.240. The van der Waals surface area contributed by atoms with Crippen molar-refractivity contribution in [2.75, 3.05) is 13.2 Å². The van der Waals surface area contributed by atoms with Gasteiger partial charge < -0.3 is 25.4 Å². The highest BCUT2D eigenvalue weighted by molar-refractivity contribution is 5.79. The Labute approximate surface area is 189 Å². The van der Waals surface area contributed by atoms with E-state index in [1.54, 1.807) is 0 Å². The van der Waals surface area contributed by atoms with Gasteiger partial charge in [0.2, 0.25) is 0 Å². The summed E-state index contributed by atoms with van der Waals surface area (Å²) < 4.78 is 32.3. The van der Waals surface area contributed by atoms with E-state index in [1.165, 1.54) is 0 Å². The summed E-state index contributed by atoms with van der Waals surface area (Å²) in [5, 5.41) is 31.9. The average molecular weight is 455 g/mol. The van der Waals surface area contributed by atoms with Crippen molar-refractivity contribution in [2.45, 2.75) is 24.5 Å². The van der Waals surface area contributed by atoms with Gasteiger partial charge in [0.1, 0.15) is 12.7 Å². The molecule has 33 heavy (non-hydrogen) atoms. The number of nitrogens with one attached hydrogen (secondary N) is 1. The first-order valence-corrected chi connectivity index (χ1v) is 10.5. The summed E-state index contributed by atoms with van der Waals surface area (Å²) in [6.45, 7) is 0.106. The average Bonchev–Trinajstić information content (AvgIpc) is 3.14. The van der Waals surface area contributed by atoms with Crippen LogP contribution in [0.1, 0.15) is 35.1 Å². The zero-order valence-corrected chi connectivity index (χ0v) is 17.5. The topological polar surface area (TPSA) is 99.0 Å². The minimum atomic E-state index is -1.60. The second kappa shape index (κ2) is 9.56. The Kier molecular flexibility index (Phi) is 6.57. The van der Waals surface area contributed by atoms with E-state index in [0.717, 1.165) is 34.4 Å². The first-order valence-electron chi connectivity index (χ1n) is 10.5. The summed E-state index contributed by atoms with van der Waals surface area (Å²) in [7, 11) is 0. The number of fused-ring (bicyclic) bond motifs is 3. The van der Waals surface area contributed by atoms with Crippen LogP contribution < -0.4 is 5.32 Å². The molecule has 1 aliphatic rings. The SMILES string of the molecule is O=C(NCCC(O)C(O)c1cc(F)c(O)c(F)c1)OCC1c2ccccc2-c2ccccc21. The molecule has 0 fully saturated rings. The molecule has 0 bridgehead atoms. The molecule has 2 unspecified atom stereocenters. The van der Waals surface area contributed by atoms with Gasteiger partial charge in [0, 0.05) is 12.5 Å². The van der Waals surface area contributed by atoms with Crippen molar-refractivity contribution >= 4 is 6.09 Å². The maximum absolute atomic E-state index is 13.5. The van der Waals surface area contributed by atoms with Crippen molar-refractivity contribution in [3.05, 3.63) is 89.0 Å². The lowest BCUT2D eigenvalue weighted by Crippen LogP contribution is -2.30. The number of aromatic hydroxyl groups is 1. The molecule has 172 valence electrons. The fourth-order valence-electron chi connectivity index (χ4n) is 4.11. The molecule has 0 radical (unpaired) electrons. The zero-order valence-electron chi connectivity index (χ0n) is 17.5. The smallest absolute Gasteiger partial charge is 0.407 e. The van der Waals surface area contributed by atoms with E-state index in [1.807, 2.05) is 48.5 Å². The van der Waals surface area contributed by atoms with Crippen LogP contribution in [0.25, 0.3) is 11.1 Å². The highest BCUT2D eigenvalue weighted by Gasteiger charge is 2.29. The number of hydrogen-bond acceptors (Lipinski definition) is 5. The van der Waals surface area contributed by atoms with E-state index in [-0.39, 0.29) is 31.1 Å². The van der Waals surface area contributed by atoms with Crippen LogP contribution in [0.5, 0.6) is 5.75 Å². The number of carbonyl (C=O) groups is 1. The van der Waals surface area contributed by atoms with Crippen molar-refractivity contribution in [1.82, 2.24) is 5.32 Å². The molecular formula is C25H23F2NO5. The molecule has 3 aromatic carbocycles. The van der Waals surface area contributed by atoms with Crippen LogP contribution in [-0.4, -0.2) is 40.7 Å². The third kappa shape index (κ3) is 4.67. The molecule has 0 saturated carbocycles. The van der Waals surface area contributed by atoms with Crippen molar-refractivity contribution in [3.63, 3.8) is 0 Å². The van der Waals surface area contributed by atoms with Gasteiger partial charge in [-0.05, 0) is 46.4 Å². The van der Waals surface area contributed by atoms with Gasteiger partial charge in [0.25, 0.3) is 0 Å². The minimum absolute atomic E-state index is 0.0298. The number of rotatable bonds is 7. The number of amides is 1. The van der Waals surface area contributed by atoms with Gasteiger partial charge in [0.15, 0.2) is 17.4 Å². The summed E-state index contributed by atoms with van der Waals surface area (Å²) in [6, 6.07) is 17.4. The van der Waals surface area contributed by atoms with E-state index < -0.39 is 35.7 Å². The van der Waals surface area contributed by atoms with Crippen LogP contribution in [0.2, 0.25) is 0 Å². The molecule has 1 amide bonds. The summed E-state index contributed by atoms with van der Waals surface area (Å²) in [5.41, 5.74) is 4.16. The van der Waals surface area contributed by atoms with E-state index >= 15 is 0 Å². The molecule has 0 spiro atoms. The van der Waals surface area contributed by atoms with Crippen molar-refractivity contribution < 1.29 is 33.6 Å². The lowest BCUT2D eigenvalue weighted by molar-refractivity contribution is 0.0133. The molecule has 0 heterocycles. The molecule has 4 N–H and O–H groups in total. The molecule has 0 saturated heterocycles. The molecule has 6 nitrogen and oxygen atoms in total. The van der Waals surface area contributed by atoms with Crippen LogP contribution in [0.15, 0.2) is 60.7 Å². The number of carbonyl (C=O) groups excluding carboxylic acids is 1. The third-order valence-electron chi connectivity index (χ3n) is 5.80. The van der Waals surface area contributed by atoms with Gasteiger partial charge in [-0.25, -0.2) is 13.6 Å². The second-order valence-corrected chi connectivity index (χ2v) is 7.89. The number of aliphatic hydroxyl groups excluding tert-OH is 2. The molecular weight excluding hydrogens is 432 g/mol. The second-order valence-electron chi connectivity index (χ2n) is 7.89. The van der Waals surface area contributed by atoms with Crippen LogP contribution in [0.3, 0.4) is 0 Å². The Bertz CT molecular complexity index is 1100. The maximum Gasteiger partial charge on any atom is 0.407 e. The van der Waals surface area contributed by atoms with Crippen molar-refractivity contribution in [1.29, 1.82) is 0 Å². The number of ether oxygens (including phenoxy) is 1. The molecule has 3 aromatic rings. The van der Waals surface area contributed by atoms with Gasteiger partial charge in [-0.1, -0.05) is 48.5 Å². The molecule has 8 heteroatoms. The van der Waals surface area contributed by atoms with Crippen LogP contribution in [0.4, 0.5) is 13.6 Å². The first kappa shape index (κ1) is 22.7. The Hall–Kier alpha value is -3.49.